The van der Waals surface area contributed by atoms with Gasteiger partial charge in [-0.05, 0) is 26.2 Å². The molecule has 1 aromatic heterocycles. The van der Waals surface area contributed by atoms with Crippen LogP contribution in [0.2, 0.25) is 0 Å². The fraction of sp³-hybridized carbons (Fsp3) is 0.643. The summed E-state index contributed by atoms with van der Waals surface area (Å²) in [6, 6.07) is 0. The van der Waals surface area contributed by atoms with E-state index in [0.29, 0.717) is 38.0 Å². The molecule has 1 aromatic rings. The quantitative estimate of drug-likeness (QED) is 0.918. The van der Waals surface area contributed by atoms with Crippen molar-refractivity contribution in [1.29, 1.82) is 0 Å². The van der Waals surface area contributed by atoms with E-state index in [4.69, 9.17) is 0 Å². The zero-order valence-corrected chi connectivity index (χ0v) is 11.9. The molecule has 1 saturated heterocycles. The van der Waals surface area contributed by atoms with Crippen molar-refractivity contribution in [2.75, 3.05) is 18.0 Å². The van der Waals surface area contributed by atoms with E-state index in [2.05, 4.69) is 9.97 Å². The molecule has 0 aliphatic carbocycles. The number of aryl methyl sites for hydroxylation is 1. The minimum atomic E-state index is -0.738. The Hall–Kier alpha value is -1.72. The average molecular weight is 281 g/mol. The van der Waals surface area contributed by atoms with Gasteiger partial charge in [0.15, 0.2) is 11.6 Å². The van der Waals surface area contributed by atoms with Crippen molar-refractivity contribution in [3.63, 3.8) is 0 Å². The maximum atomic E-state index is 14.0. The van der Waals surface area contributed by atoms with Crippen molar-refractivity contribution < 1.29 is 14.3 Å². The van der Waals surface area contributed by atoms with Crippen molar-refractivity contribution in [3.8, 4) is 0 Å². The van der Waals surface area contributed by atoms with Crippen molar-refractivity contribution in [3.05, 3.63) is 17.8 Å². The monoisotopic (exact) mass is 281 g/mol. The second kappa shape index (κ2) is 5.73. The van der Waals surface area contributed by atoms with Crippen LogP contribution in [-0.4, -0.2) is 34.1 Å². The molecule has 0 atom stereocenters. The van der Waals surface area contributed by atoms with Crippen LogP contribution in [0.15, 0.2) is 6.33 Å². The molecular formula is C14H20FN3O2. The number of rotatable bonds is 4. The van der Waals surface area contributed by atoms with E-state index < -0.39 is 17.2 Å². The first-order chi connectivity index (χ1) is 9.50. The molecule has 2 rings (SSSR count). The van der Waals surface area contributed by atoms with Crippen LogP contribution in [0, 0.1) is 18.2 Å². The lowest BCUT2D eigenvalue weighted by atomic mass is 9.75. The summed E-state index contributed by atoms with van der Waals surface area (Å²) >= 11 is 0. The molecule has 1 fully saturated rings. The van der Waals surface area contributed by atoms with Gasteiger partial charge in [-0.2, -0.15) is 0 Å². The maximum absolute atomic E-state index is 14.0. The van der Waals surface area contributed by atoms with Crippen LogP contribution in [0.3, 0.4) is 0 Å². The normalized spacial score (nSPS) is 18.1. The van der Waals surface area contributed by atoms with Crippen molar-refractivity contribution >= 4 is 11.8 Å². The van der Waals surface area contributed by atoms with Crippen LogP contribution in [0.25, 0.3) is 0 Å². The van der Waals surface area contributed by atoms with Crippen molar-refractivity contribution in [2.45, 2.75) is 39.5 Å². The Kier molecular flexibility index (Phi) is 4.20. The first kappa shape index (κ1) is 14.7. The lowest BCUT2D eigenvalue weighted by Crippen LogP contribution is -2.45. The zero-order chi connectivity index (χ0) is 14.8. The molecule has 0 aromatic carbocycles. The molecule has 0 unspecified atom stereocenters. The lowest BCUT2D eigenvalue weighted by molar-refractivity contribution is -0.150. The number of carbonyl (C=O) groups is 1. The van der Waals surface area contributed by atoms with Crippen LogP contribution in [0.5, 0.6) is 0 Å². The Morgan fingerprint density at radius 3 is 2.65 bits per heavy atom. The minimum Gasteiger partial charge on any atom is -0.481 e. The van der Waals surface area contributed by atoms with Crippen LogP contribution in [0.4, 0.5) is 10.2 Å². The topological polar surface area (TPSA) is 66.3 Å². The predicted octanol–water partition coefficient (Wildman–Crippen LogP) is 2.40. The lowest BCUT2D eigenvalue weighted by Gasteiger charge is -2.39. The van der Waals surface area contributed by atoms with Crippen molar-refractivity contribution in [1.82, 2.24) is 9.97 Å². The molecule has 6 heteroatoms. The Balaban J connectivity index is 2.14. The highest BCUT2D eigenvalue weighted by Gasteiger charge is 2.41. The largest absolute Gasteiger partial charge is 0.481 e. The zero-order valence-electron chi connectivity index (χ0n) is 11.9. The number of aliphatic carboxylic acids is 1. The highest BCUT2D eigenvalue weighted by Crippen LogP contribution is 2.37. The molecule has 5 nitrogen and oxygen atoms in total. The van der Waals surface area contributed by atoms with Crippen LogP contribution in [0.1, 0.15) is 38.3 Å². The molecule has 1 N–H and O–H groups in total. The fourth-order valence-electron chi connectivity index (χ4n) is 2.86. The molecule has 0 saturated carbocycles. The Morgan fingerprint density at radius 2 is 2.10 bits per heavy atom. The molecule has 2 heterocycles. The van der Waals surface area contributed by atoms with Gasteiger partial charge in [0.05, 0.1) is 11.1 Å². The molecule has 0 radical (unpaired) electrons. The Labute approximate surface area is 117 Å². The summed E-state index contributed by atoms with van der Waals surface area (Å²) in [6.45, 7) is 4.62. The number of carboxylic acids is 1. The van der Waals surface area contributed by atoms with Gasteiger partial charge in [-0.15, -0.1) is 0 Å². The second-order valence-corrected chi connectivity index (χ2v) is 5.42. The number of hydrogen-bond donors (Lipinski definition) is 1. The predicted molar refractivity (Wildman–Crippen MR) is 73.2 cm³/mol. The first-order valence-electron chi connectivity index (χ1n) is 6.95. The van der Waals surface area contributed by atoms with E-state index in [1.807, 2.05) is 11.8 Å². The Morgan fingerprint density at radius 1 is 1.45 bits per heavy atom. The van der Waals surface area contributed by atoms with E-state index in [9.17, 15) is 14.3 Å². The number of aromatic nitrogens is 2. The summed E-state index contributed by atoms with van der Waals surface area (Å²) in [5, 5.41) is 9.46. The van der Waals surface area contributed by atoms with Gasteiger partial charge in [-0.1, -0.05) is 13.3 Å². The summed E-state index contributed by atoms with van der Waals surface area (Å²) in [5.74, 6) is -0.864. The number of nitrogens with zero attached hydrogens (tertiary/aromatic N) is 3. The molecule has 0 bridgehead atoms. The summed E-state index contributed by atoms with van der Waals surface area (Å²) in [5.41, 5.74) is -0.345. The van der Waals surface area contributed by atoms with Gasteiger partial charge in [-0.3, -0.25) is 4.79 Å². The third-order valence-electron chi connectivity index (χ3n) is 4.15. The van der Waals surface area contributed by atoms with Crippen molar-refractivity contribution in [2.24, 2.45) is 5.41 Å². The minimum absolute atomic E-state index is 0.285. The number of halogens is 1. The van der Waals surface area contributed by atoms with Gasteiger partial charge < -0.3 is 10.0 Å². The number of hydrogen-bond acceptors (Lipinski definition) is 4. The summed E-state index contributed by atoms with van der Waals surface area (Å²) in [6.07, 6.45) is 3.91. The molecule has 0 spiro atoms. The second-order valence-electron chi connectivity index (χ2n) is 5.42. The summed E-state index contributed by atoms with van der Waals surface area (Å²) in [4.78, 5) is 21.1. The standard InChI is InChI=1S/C14H20FN3O2/c1-3-4-14(13(19)20)5-7-18(8-6-14)12-11(15)10(2)16-9-17-12/h9H,3-8H2,1-2H3,(H,19,20). The van der Waals surface area contributed by atoms with E-state index in [1.165, 1.54) is 6.33 Å². The smallest absolute Gasteiger partial charge is 0.309 e. The van der Waals surface area contributed by atoms with E-state index >= 15 is 0 Å². The SMILES string of the molecule is CCCC1(C(=O)O)CCN(c2ncnc(C)c2F)CC1. The van der Waals surface area contributed by atoms with E-state index in [0.717, 1.165) is 6.42 Å². The molecule has 0 amide bonds. The van der Waals surface area contributed by atoms with E-state index in [1.54, 1.807) is 6.92 Å². The van der Waals surface area contributed by atoms with Crippen LogP contribution >= 0.6 is 0 Å². The number of carboxylic acid groups (broad SMARTS) is 1. The third kappa shape index (κ3) is 2.59. The molecule has 20 heavy (non-hydrogen) atoms. The number of anilines is 1. The highest BCUT2D eigenvalue weighted by molar-refractivity contribution is 5.75. The van der Waals surface area contributed by atoms with Gasteiger partial charge in [-0.25, -0.2) is 14.4 Å². The highest BCUT2D eigenvalue weighted by atomic mass is 19.1. The van der Waals surface area contributed by atoms with Gasteiger partial charge in [0.1, 0.15) is 6.33 Å². The molecule has 110 valence electrons. The van der Waals surface area contributed by atoms with E-state index in [-0.39, 0.29) is 5.82 Å². The third-order valence-corrected chi connectivity index (χ3v) is 4.15. The Bertz CT molecular complexity index is 499. The van der Waals surface area contributed by atoms with Gasteiger partial charge >= 0.3 is 5.97 Å². The fourth-order valence-corrected chi connectivity index (χ4v) is 2.86. The van der Waals surface area contributed by atoms with Crippen LogP contribution in [-0.2, 0) is 4.79 Å². The average Bonchev–Trinajstić information content (AvgIpc) is 2.43. The van der Waals surface area contributed by atoms with Gasteiger partial charge in [0.2, 0.25) is 0 Å². The van der Waals surface area contributed by atoms with Gasteiger partial charge in [0.25, 0.3) is 0 Å². The maximum Gasteiger partial charge on any atom is 0.309 e. The molecule has 1 aliphatic rings. The molecular weight excluding hydrogens is 261 g/mol. The number of piperidine rings is 1. The van der Waals surface area contributed by atoms with Crippen LogP contribution < -0.4 is 4.90 Å². The molecule has 1 aliphatic heterocycles. The first-order valence-corrected chi connectivity index (χ1v) is 6.95. The summed E-state index contributed by atoms with van der Waals surface area (Å²) < 4.78 is 14.0. The summed E-state index contributed by atoms with van der Waals surface area (Å²) in [7, 11) is 0. The van der Waals surface area contributed by atoms with Gasteiger partial charge in [0, 0.05) is 13.1 Å².